The largest absolute Gasteiger partial charge is 0.480 e. The van der Waals surface area contributed by atoms with Crippen LogP contribution >= 0.6 is 0 Å². The van der Waals surface area contributed by atoms with Crippen LogP contribution in [0.2, 0.25) is 0 Å². The lowest BCUT2D eigenvalue weighted by atomic mass is 10.2. The first-order valence-corrected chi connectivity index (χ1v) is 4.03. The van der Waals surface area contributed by atoms with Gasteiger partial charge in [-0.2, -0.15) is 0 Å². The number of aliphatic carboxylic acids is 1. The molecule has 0 aromatic carbocycles. The summed E-state index contributed by atoms with van der Waals surface area (Å²) in [4.78, 5) is 20.1. The van der Waals surface area contributed by atoms with Gasteiger partial charge in [0.15, 0.2) is 0 Å². The Morgan fingerprint density at radius 2 is 1.93 bits per heavy atom. The van der Waals surface area contributed by atoms with Crippen LogP contribution in [-0.4, -0.2) is 29.6 Å². The lowest BCUT2D eigenvalue weighted by Crippen LogP contribution is -2.31. The molecule has 0 spiro atoms. The Morgan fingerprint density at radius 3 is 2.14 bits per heavy atom. The maximum Gasteiger partial charge on any atom is 0.320 e. The summed E-state index contributed by atoms with van der Waals surface area (Å²) in [5.41, 5.74) is 14.7. The zero-order valence-corrected chi connectivity index (χ0v) is 7.98. The Hall–Kier alpha value is -1.40. The molecule has 0 saturated heterocycles. The highest BCUT2D eigenvalue weighted by Crippen LogP contribution is 1.92. The number of primary amides is 1. The molecular formula is C8H17N3O3. The molecule has 0 aliphatic heterocycles. The van der Waals surface area contributed by atoms with E-state index in [-0.39, 0.29) is 12.8 Å². The van der Waals surface area contributed by atoms with Crippen molar-refractivity contribution in [2.75, 3.05) is 6.54 Å². The van der Waals surface area contributed by atoms with Crippen molar-refractivity contribution in [3.05, 3.63) is 12.7 Å². The van der Waals surface area contributed by atoms with E-state index in [1.807, 2.05) is 0 Å². The van der Waals surface area contributed by atoms with Gasteiger partial charge in [-0.25, -0.2) is 0 Å². The molecule has 0 aliphatic carbocycles. The highest BCUT2D eigenvalue weighted by molar-refractivity contribution is 5.76. The standard InChI is InChI=1S/C5H10N2O3.C3H7N/c6-3(5(9)10)1-2-4(7)8;1-2-3-4/h3H,1-2,6H2,(H2,7,8)(H,9,10);2H,1,3-4H2. The molecule has 0 saturated carbocycles. The first kappa shape index (κ1) is 15.1. The normalized spacial score (nSPS) is 10.7. The van der Waals surface area contributed by atoms with E-state index in [1.54, 1.807) is 6.08 Å². The highest BCUT2D eigenvalue weighted by Gasteiger charge is 2.11. The van der Waals surface area contributed by atoms with E-state index in [1.165, 1.54) is 0 Å². The molecular weight excluding hydrogens is 186 g/mol. The lowest BCUT2D eigenvalue weighted by Gasteiger charge is -2.01. The van der Waals surface area contributed by atoms with Crippen molar-refractivity contribution in [1.29, 1.82) is 0 Å². The topological polar surface area (TPSA) is 132 Å². The van der Waals surface area contributed by atoms with Crippen LogP contribution in [0.4, 0.5) is 0 Å². The summed E-state index contributed by atoms with van der Waals surface area (Å²) in [6.07, 6.45) is 1.78. The van der Waals surface area contributed by atoms with Gasteiger partial charge in [-0.05, 0) is 6.42 Å². The van der Waals surface area contributed by atoms with E-state index in [4.69, 9.17) is 22.3 Å². The lowest BCUT2D eigenvalue weighted by molar-refractivity contribution is -0.138. The van der Waals surface area contributed by atoms with Crippen LogP contribution in [-0.2, 0) is 9.59 Å². The summed E-state index contributed by atoms with van der Waals surface area (Å²) in [7, 11) is 0. The molecule has 1 unspecified atom stereocenters. The van der Waals surface area contributed by atoms with Crippen molar-refractivity contribution in [1.82, 2.24) is 0 Å². The Kier molecular flexibility index (Phi) is 10.4. The third-order valence-electron chi connectivity index (χ3n) is 1.19. The smallest absolute Gasteiger partial charge is 0.320 e. The molecule has 82 valence electrons. The van der Waals surface area contributed by atoms with Crippen LogP contribution in [0.25, 0.3) is 0 Å². The fourth-order valence-electron chi connectivity index (χ4n) is 0.421. The van der Waals surface area contributed by atoms with Gasteiger partial charge in [0.05, 0.1) is 0 Å². The van der Waals surface area contributed by atoms with Crippen LogP contribution in [0.5, 0.6) is 0 Å². The van der Waals surface area contributed by atoms with Gasteiger partial charge < -0.3 is 22.3 Å². The Balaban J connectivity index is 0. The Morgan fingerprint density at radius 1 is 1.50 bits per heavy atom. The van der Waals surface area contributed by atoms with E-state index in [9.17, 15) is 9.59 Å². The molecule has 6 heteroatoms. The third kappa shape index (κ3) is 13.2. The number of amides is 1. The fourth-order valence-corrected chi connectivity index (χ4v) is 0.421. The minimum Gasteiger partial charge on any atom is -0.480 e. The molecule has 0 aromatic rings. The average Bonchev–Trinajstić information content (AvgIpc) is 2.14. The van der Waals surface area contributed by atoms with Crippen molar-refractivity contribution >= 4 is 11.9 Å². The average molecular weight is 203 g/mol. The molecule has 7 N–H and O–H groups in total. The van der Waals surface area contributed by atoms with E-state index in [2.05, 4.69) is 6.58 Å². The first-order valence-electron chi connectivity index (χ1n) is 4.03. The van der Waals surface area contributed by atoms with Crippen LogP contribution in [0, 0.1) is 0 Å². The van der Waals surface area contributed by atoms with Gasteiger partial charge in [-0.3, -0.25) is 9.59 Å². The van der Waals surface area contributed by atoms with Gasteiger partial charge in [0.1, 0.15) is 6.04 Å². The summed E-state index contributed by atoms with van der Waals surface area (Å²) in [6.45, 7) is 3.94. The van der Waals surface area contributed by atoms with Crippen LogP contribution in [0.15, 0.2) is 12.7 Å². The minimum atomic E-state index is -1.11. The van der Waals surface area contributed by atoms with Gasteiger partial charge in [-0.1, -0.05) is 6.08 Å². The molecule has 0 aromatic heterocycles. The summed E-state index contributed by atoms with van der Waals surface area (Å²) >= 11 is 0. The number of hydrogen-bond acceptors (Lipinski definition) is 4. The molecule has 0 rings (SSSR count). The van der Waals surface area contributed by atoms with Gasteiger partial charge in [0.2, 0.25) is 5.91 Å². The van der Waals surface area contributed by atoms with Crippen molar-refractivity contribution < 1.29 is 14.7 Å². The summed E-state index contributed by atoms with van der Waals surface area (Å²) in [6, 6.07) is -0.979. The van der Waals surface area contributed by atoms with Gasteiger partial charge in [0, 0.05) is 13.0 Å². The molecule has 1 amide bonds. The van der Waals surface area contributed by atoms with E-state index < -0.39 is 17.9 Å². The number of nitrogens with two attached hydrogens (primary N) is 3. The highest BCUT2D eigenvalue weighted by atomic mass is 16.4. The summed E-state index contributed by atoms with van der Waals surface area (Å²) in [5.74, 6) is -1.64. The van der Waals surface area contributed by atoms with Crippen molar-refractivity contribution in [2.24, 2.45) is 17.2 Å². The maximum atomic E-state index is 10.1. The number of rotatable bonds is 5. The van der Waals surface area contributed by atoms with Crippen molar-refractivity contribution in [3.63, 3.8) is 0 Å². The second kappa shape index (κ2) is 9.69. The van der Waals surface area contributed by atoms with Crippen molar-refractivity contribution in [2.45, 2.75) is 18.9 Å². The van der Waals surface area contributed by atoms with Gasteiger partial charge >= 0.3 is 5.97 Å². The fraction of sp³-hybridized carbons (Fsp3) is 0.500. The second-order valence-electron chi connectivity index (χ2n) is 2.47. The number of carbonyl (C=O) groups is 2. The quantitative estimate of drug-likeness (QED) is 0.416. The first-order chi connectivity index (χ1) is 6.45. The summed E-state index contributed by atoms with van der Waals surface area (Å²) in [5, 5.41) is 8.22. The number of carboxylic acid groups (broad SMARTS) is 1. The van der Waals surface area contributed by atoms with Gasteiger partial charge in [-0.15, -0.1) is 6.58 Å². The summed E-state index contributed by atoms with van der Waals surface area (Å²) < 4.78 is 0. The molecule has 0 heterocycles. The molecule has 1 atom stereocenters. The molecule has 0 bridgehead atoms. The third-order valence-corrected chi connectivity index (χ3v) is 1.19. The molecule has 0 radical (unpaired) electrons. The van der Waals surface area contributed by atoms with E-state index >= 15 is 0 Å². The number of carbonyl (C=O) groups excluding carboxylic acids is 1. The predicted molar refractivity (Wildman–Crippen MR) is 53.3 cm³/mol. The maximum absolute atomic E-state index is 10.1. The Labute approximate surface area is 82.7 Å². The predicted octanol–water partition coefficient (Wildman–Crippen LogP) is -1.21. The molecule has 0 fully saturated rings. The zero-order valence-electron chi connectivity index (χ0n) is 7.98. The van der Waals surface area contributed by atoms with Gasteiger partial charge in [0.25, 0.3) is 0 Å². The van der Waals surface area contributed by atoms with E-state index in [0.717, 1.165) is 0 Å². The Bertz CT molecular complexity index is 194. The monoisotopic (exact) mass is 203 g/mol. The van der Waals surface area contributed by atoms with Crippen LogP contribution in [0.3, 0.4) is 0 Å². The van der Waals surface area contributed by atoms with Crippen LogP contribution < -0.4 is 17.2 Å². The molecule has 0 aliphatic rings. The SMILES string of the molecule is C=CCN.NC(=O)CCC(N)C(=O)O. The zero-order chi connectivity index (χ0) is 11.6. The number of carboxylic acids is 1. The minimum absolute atomic E-state index is 0.0213. The second-order valence-corrected chi connectivity index (χ2v) is 2.47. The van der Waals surface area contributed by atoms with E-state index in [0.29, 0.717) is 6.54 Å². The van der Waals surface area contributed by atoms with Crippen molar-refractivity contribution in [3.8, 4) is 0 Å². The van der Waals surface area contributed by atoms with Crippen LogP contribution in [0.1, 0.15) is 12.8 Å². The number of hydrogen-bond donors (Lipinski definition) is 4. The molecule has 6 nitrogen and oxygen atoms in total. The molecule has 14 heavy (non-hydrogen) atoms.